The van der Waals surface area contributed by atoms with Gasteiger partial charge in [0.2, 0.25) is 5.91 Å². The number of hydrogen-bond donors (Lipinski definition) is 1. The Labute approximate surface area is 136 Å². The number of hydrogen-bond acceptors (Lipinski definition) is 5. The third kappa shape index (κ3) is 3.91. The lowest BCUT2D eigenvalue weighted by Crippen LogP contribution is -2.52. The summed E-state index contributed by atoms with van der Waals surface area (Å²) >= 11 is 0. The molecule has 2 atom stereocenters. The van der Waals surface area contributed by atoms with Crippen molar-refractivity contribution in [1.29, 1.82) is 0 Å². The van der Waals surface area contributed by atoms with Crippen molar-refractivity contribution in [2.75, 3.05) is 39.4 Å². The molecule has 2 fully saturated rings. The molecule has 128 valence electrons. The molecule has 0 saturated carbocycles. The monoisotopic (exact) mass is 322 g/mol. The van der Waals surface area contributed by atoms with E-state index >= 15 is 0 Å². The number of carbonyl (C=O) groups excluding carboxylic acids is 1. The third-order valence-electron chi connectivity index (χ3n) is 4.61. The lowest BCUT2D eigenvalue weighted by molar-refractivity contribution is -0.148. The summed E-state index contributed by atoms with van der Waals surface area (Å²) < 4.78 is 13.3. The van der Waals surface area contributed by atoms with Gasteiger partial charge in [-0.1, -0.05) is 0 Å². The van der Waals surface area contributed by atoms with Gasteiger partial charge in [-0.2, -0.15) is 5.10 Å². The van der Waals surface area contributed by atoms with Crippen LogP contribution in [0.25, 0.3) is 0 Å². The van der Waals surface area contributed by atoms with Crippen molar-refractivity contribution in [1.82, 2.24) is 20.0 Å². The molecule has 0 unspecified atom stereocenters. The number of rotatable bonds is 5. The SMILES string of the molecule is Cn1cc([C@]2(C)CN(C(=O)CNC[C@H]3CCCO3)CCO2)cn1. The summed E-state index contributed by atoms with van der Waals surface area (Å²) in [7, 11) is 1.88. The van der Waals surface area contributed by atoms with E-state index in [0.29, 0.717) is 26.2 Å². The summed E-state index contributed by atoms with van der Waals surface area (Å²) in [6.45, 7) is 5.69. The second-order valence-corrected chi connectivity index (χ2v) is 6.56. The molecule has 0 radical (unpaired) electrons. The van der Waals surface area contributed by atoms with Crippen LogP contribution < -0.4 is 5.32 Å². The summed E-state index contributed by atoms with van der Waals surface area (Å²) in [5, 5.41) is 7.43. The number of nitrogens with one attached hydrogen (secondary N) is 1. The average Bonchev–Trinajstić information content (AvgIpc) is 3.19. The van der Waals surface area contributed by atoms with E-state index in [-0.39, 0.29) is 12.0 Å². The maximum Gasteiger partial charge on any atom is 0.236 e. The van der Waals surface area contributed by atoms with E-state index in [9.17, 15) is 4.79 Å². The maximum atomic E-state index is 12.4. The van der Waals surface area contributed by atoms with Crippen molar-refractivity contribution in [3.63, 3.8) is 0 Å². The Hall–Kier alpha value is -1.44. The predicted octanol–water partition coefficient (Wildman–Crippen LogP) is 0.263. The van der Waals surface area contributed by atoms with Crippen molar-refractivity contribution >= 4 is 5.91 Å². The first-order chi connectivity index (χ1) is 11.1. The van der Waals surface area contributed by atoms with Crippen LogP contribution in [0.2, 0.25) is 0 Å². The summed E-state index contributed by atoms with van der Waals surface area (Å²) in [6.07, 6.45) is 6.21. The number of carbonyl (C=O) groups is 1. The number of ether oxygens (including phenoxy) is 2. The van der Waals surface area contributed by atoms with Crippen molar-refractivity contribution in [3.8, 4) is 0 Å². The van der Waals surface area contributed by atoms with Crippen LogP contribution >= 0.6 is 0 Å². The molecule has 2 aliphatic rings. The standard InChI is InChI=1S/C16H26N4O3/c1-16(13-8-18-19(2)11-13)12-20(5-7-23-16)15(21)10-17-9-14-4-3-6-22-14/h8,11,14,17H,3-7,9-10,12H2,1-2H3/t14-,16+/m1/s1. The zero-order valence-electron chi connectivity index (χ0n) is 14.0. The van der Waals surface area contributed by atoms with Crippen LogP contribution in [-0.2, 0) is 26.9 Å². The molecule has 3 heterocycles. The molecule has 2 aliphatic heterocycles. The van der Waals surface area contributed by atoms with Gasteiger partial charge in [-0.25, -0.2) is 0 Å². The van der Waals surface area contributed by atoms with Gasteiger partial charge in [0, 0.05) is 38.5 Å². The molecular weight excluding hydrogens is 296 g/mol. The second kappa shape index (κ2) is 6.98. The normalized spacial score (nSPS) is 28.3. The van der Waals surface area contributed by atoms with Gasteiger partial charge in [-0.3, -0.25) is 9.48 Å². The fourth-order valence-electron chi connectivity index (χ4n) is 3.21. The van der Waals surface area contributed by atoms with E-state index in [4.69, 9.17) is 9.47 Å². The minimum absolute atomic E-state index is 0.112. The van der Waals surface area contributed by atoms with Gasteiger partial charge in [-0.05, 0) is 19.8 Å². The Kier molecular flexibility index (Phi) is 4.99. The first-order valence-corrected chi connectivity index (χ1v) is 8.30. The highest BCUT2D eigenvalue weighted by Crippen LogP contribution is 2.28. The molecule has 1 N–H and O–H groups in total. The summed E-state index contributed by atoms with van der Waals surface area (Å²) in [5.41, 5.74) is 0.515. The highest BCUT2D eigenvalue weighted by molar-refractivity contribution is 5.78. The topological polar surface area (TPSA) is 68.6 Å². The Morgan fingerprint density at radius 1 is 1.52 bits per heavy atom. The Morgan fingerprint density at radius 3 is 3.09 bits per heavy atom. The molecule has 0 aromatic carbocycles. The Balaban J connectivity index is 1.52. The zero-order chi connectivity index (χ0) is 16.3. The lowest BCUT2D eigenvalue weighted by Gasteiger charge is -2.40. The fourth-order valence-corrected chi connectivity index (χ4v) is 3.21. The van der Waals surface area contributed by atoms with E-state index in [1.807, 2.05) is 31.3 Å². The van der Waals surface area contributed by atoms with Crippen LogP contribution in [0.5, 0.6) is 0 Å². The van der Waals surface area contributed by atoms with Gasteiger partial charge in [0.15, 0.2) is 0 Å². The fraction of sp³-hybridized carbons (Fsp3) is 0.750. The van der Waals surface area contributed by atoms with E-state index in [1.54, 1.807) is 4.68 Å². The van der Waals surface area contributed by atoms with Crippen LogP contribution in [0.15, 0.2) is 12.4 Å². The van der Waals surface area contributed by atoms with Gasteiger partial charge in [-0.15, -0.1) is 0 Å². The number of aryl methyl sites for hydroxylation is 1. The van der Waals surface area contributed by atoms with Gasteiger partial charge >= 0.3 is 0 Å². The molecule has 0 aliphatic carbocycles. The van der Waals surface area contributed by atoms with Crippen molar-refractivity contribution in [2.24, 2.45) is 7.05 Å². The number of aromatic nitrogens is 2. The first kappa shape index (κ1) is 16.4. The van der Waals surface area contributed by atoms with Gasteiger partial charge < -0.3 is 19.7 Å². The van der Waals surface area contributed by atoms with Crippen molar-refractivity contribution in [2.45, 2.75) is 31.5 Å². The number of amides is 1. The largest absolute Gasteiger partial charge is 0.377 e. The highest BCUT2D eigenvalue weighted by atomic mass is 16.5. The van der Waals surface area contributed by atoms with Crippen LogP contribution in [-0.4, -0.2) is 66.1 Å². The smallest absolute Gasteiger partial charge is 0.236 e. The molecule has 7 heteroatoms. The molecule has 0 spiro atoms. The molecule has 7 nitrogen and oxygen atoms in total. The van der Waals surface area contributed by atoms with E-state index in [0.717, 1.165) is 31.6 Å². The molecule has 1 aromatic rings. The summed E-state index contributed by atoms with van der Waals surface area (Å²) in [6, 6.07) is 0. The van der Waals surface area contributed by atoms with E-state index in [2.05, 4.69) is 10.4 Å². The van der Waals surface area contributed by atoms with Crippen LogP contribution in [0, 0.1) is 0 Å². The molecule has 1 amide bonds. The predicted molar refractivity (Wildman–Crippen MR) is 84.9 cm³/mol. The van der Waals surface area contributed by atoms with Crippen LogP contribution in [0.4, 0.5) is 0 Å². The lowest BCUT2D eigenvalue weighted by atomic mass is 9.97. The number of nitrogens with zero attached hydrogens (tertiary/aromatic N) is 3. The molecular formula is C16H26N4O3. The number of morpholine rings is 1. The van der Waals surface area contributed by atoms with Gasteiger partial charge in [0.1, 0.15) is 5.60 Å². The van der Waals surface area contributed by atoms with Gasteiger partial charge in [0.05, 0.1) is 32.0 Å². The second-order valence-electron chi connectivity index (χ2n) is 6.56. The molecule has 2 saturated heterocycles. The van der Waals surface area contributed by atoms with Gasteiger partial charge in [0.25, 0.3) is 0 Å². The van der Waals surface area contributed by atoms with Crippen molar-refractivity contribution in [3.05, 3.63) is 18.0 Å². The summed E-state index contributed by atoms with van der Waals surface area (Å²) in [5.74, 6) is 0.112. The van der Waals surface area contributed by atoms with Crippen LogP contribution in [0.3, 0.4) is 0 Å². The third-order valence-corrected chi connectivity index (χ3v) is 4.61. The zero-order valence-corrected chi connectivity index (χ0v) is 14.0. The Bertz CT molecular complexity index is 541. The van der Waals surface area contributed by atoms with E-state index in [1.165, 1.54) is 0 Å². The molecule has 3 rings (SSSR count). The summed E-state index contributed by atoms with van der Waals surface area (Å²) in [4.78, 5) is 14.3. The molecule has 1 aromatic heterocycles. The van der Waals surface area contributed by atoms with E-state index < -0.39 is 5.60 Å². The molecule has 23 heavy (non-hydrogen) atoms. The minimum Gasteiger partial charge on any atom is -0.377 e. The average molecular weight is 322 g/mol. The Morgan fingerprint density at radius 2 is 2.39 bits per heavy atom. The quantitative estimate of drug-likeness (QED) is 0.842. The highest BCUT2D eigenvalue weighted by Gasteiger charge is 2.36. The molecule has 0 bridgehead atoms. The van der Waals surface area contributed by atoms with Crippen LogP contribution in [0.1, 0.15) is 25.3 Å². The van der Waals surface area contributed by atoms with Crippen molar-refractivity contribution < 1.29 is 14.3 Å². The minimum atomic E-state index is -0.489. The maximum absolute atomic E-state index is 12.4. The first-order valence-electron chi connectivity index (χ1n) is 8.30.